The van der Waals surface area contributed by atoms with Gasteiger partial charge in [0, 0.05) is 41.4 Å². The van der Waals surface area contributed by atoms with Crippen molar-refractivity contribution in [2.45, 2.75) is 6.54 Å². The number of nitrogens with one attached hydrogen (secondary N) is 2. The molecule has 1 fully saturated rings. The van der Waals surface area contributed by atoms with Gasteiger partial charge in [0.15, 0.2) is 0 Å². The topological polar surface area (TPSA) is 83.6 Å². The van der Waals surface area contributed by atoms with Crippen LogP contribution in [0, 0.1) is 0 Å². The van der Waals surface area contributed by atoms with Crippen LogP contribution in [0.25, 0.3) is 0 Å². The van der Waals surface area contributed by atoms with Gasteiger partial charge < -0.3 is 20.3 Å². The fourth-order valence-corrected chi connectivity index (χ4v) is 3.18. The van der Waals surface area contributed by atoms with Crippen LogP contribution >= 0.6 is 15.9 Å². The van der Waals surface area contributed by atoms with E-state index in [-0.39, 0.29) is 18.4 Å². The Hall–Kier alpha value is -2.45. The van der Waals surface area contributed by atoms with E-state index in [0.717, 1.165) is 28.9 Å². The quantitative estimate of drug-likeness (QED) is 0.725. The number of morpholine rings is 1. The van der Waals surface area contributed by atoms with Gasteiger partial charge in [0.25, 0.3) is 5.91 Å². The molecule has 0 radical (unpaired) electrons. The SMILES string of the molecule is O=C(CNC(=O)c1cccc(Br)c1)NCc1cccnc1N1CCOCC1. The lowest BCUT2D eigenvalue weighted by atomic mass is 10.2. The molecule has 0 saturated carbocycles. The van der Waals surface area contributed by atoms with Crippen LogP contribution in [0.3, 0.4) is 0 Å². The first-order chi connectivity index (χ1) is 13.1. The van der Waals surface area contributed by atoms with Gasteiger partial charge in [-0.05, 0) is 24.3 Å². The summed E-state index contributed by atoms with van der Waals surface area (Å²) >= 11 is 3.32. The molecule has 1 aliphatic rings. The van der Waals surface area contributed by atoms with Crippen molar-refractivity contribution in [1.82, 2.24) is 15.6 Å². The van der Waals surface area contributed by atoms with E-state index in [1.54, 1.807) is 24.4 Å². The number of carbonyl (C=O) groups is 2. The van der Waals surface area contributed by atoms with Crippen LogP contribution in [-0.2, 0) is 16.1 Å². The predicted molar refractivity (Wildman–Crippen MR) is 106 cm³/mol. The molecule has 3 rings (SSSR count). The Kier molecular flexibility index (Phi) is 6.78. The van der Waals surface area contributed by atoms with Crippen LogP contribution in [0.5, 0.6) is 0 Å². The van der Waals surface area contributed by atoms with Crippen LogP contribution < -0.4 is 15.5 Å². The summed E-state index contributed by atoms with van der Waals surface area (Å²) < 4.78 is 6.19. The number of amides is 2. The van der Waals surface area contributed by atoms with Gasteiger partial charge in [-0.15, -0.1) is 0 Å². The van der Waals surface area contributed by atoms with Gasteiger partial charge in [-0.2, -0.15) is 0 Å². The minimum absolute atomic E-state index is 0.0848. The maximum absolute atomic E-state index is 12.1. The molecule has 0 unspecified atom stereocenters. The molecule has 8 heteroatoms. The molecule has 1 aromatic heterocycles. The van der Waals surface area contributed by atoms with Crippen molar-refractivity contribution in [2.75, 3.05) is 37.7 Å². The number of rotatable bonds is 6. The lowest BCUT2D eigenvalue weighted by Crippen LogP contribution is -2.39. The largest absolute Gasteiger partial charge is 0.378 e. The molecule has 7 nitrogen and oxygen atoms in total. The number of hydrogen-bond acceptors (Lipinski definition) is 5. The fraction of sp³-hybridized carbons (Fsp3) is 0.316. The zero-order valence-electron chi connectivity index (χ0n) is 14.8. The van der Waals surface area contributed by atoms with Gasteiger partial charge in [-0.3, -0.25) is 9.59 Å². The molecule has 27 heavy (non-hydrogen) atoms. The number of carbonyl (C=O) groups excluding carboxylic acids is 2. The minimum Gasteiger partial charge on any atom is -0.378 e. The Labute approximate surface area is 166 Å². The highest BCUT2D eigenvalue weighted by molar-refractivity contribution is 9.10. The molecule has 1 saturated heterocycles. The normalized spacial score (nSPS) is 13.9. The van der Waals surface area contributed by atoms with E-state index < -0.39 is 0 Å². The average molecular weight is 433 g/mol. The summed E-state index contributed by atoms with van der Waals surface area (Å²) in [6.45, 7) is 3.17. The second kappa shape index (κ2) is 9.48. The number of pyridine rings is 1. The Morgan fingerprint density at radius 1 is 1.15 bits per heavy atom. The van der Waals surface area contributed by atoms with Crippen LogP contribution in [-0.4, -0.2) is 49.6 Å². The molecule has 2 amide bonds. The second-order valence-corrected chi connectivity index (χ2v) is 6.97. The molecule has 2 aromatic rings. The van der Waals surface area contributed by atoms with Gasteiger partial charge >= 0.3 is 0 Å². The molecule has 2 heterocycles. The molecule has 0 spiro atoms. The summed E-state index contributed by atoms with van der Waals surface area (Å²) in [4.78, 5) is 30.8. The summed E-state index contributed by atoms with van der Waals surface area (Å²) in [5, 5.41) is 5.46. The minimum atomic E-state index is -0.290. The van der Waals surface area contributed by atoms with Crippen LogP contribution in [0.2, 0.25) is 0 Å². The zero-order chi connectivity index (χ0) is 19.1. The third-order valence-corrected chi connectivity index (χ3v) is 4.64. The van der Waals surface area contributed by atoms with Crippen LogP contribution in [0.4, 0.5) is 5.82 Å². The summed E-state index contributed by atoms with van der Waals surface area (Å²) in [6, 6.07) is 10.8. The van der Waals surface area contributed by atoms with Crippen molar-refractivity contribution in [3.63, 3.8) is 0 Å². The van der Waals surface area contributed by atoms with Gasteiger partial charge in [0.05, 0.1) is 19.8 Å². The van der Waals surface area contributed by atoms with Gasteiger partial charge in [-0.1, -0.05) is 28.1 Å². The van der Waals surface area contributed by atoms with Crippen molar-refractivity contribution in [3.8, 4) is 0 Å². The lowest BCUT2D eigenvalue weighted by Gasteiger charge is -2.29. The maximum Gasteiger partial charge on any atom is 0.251 e. The third-order valence-electron chi connectivity index (χ3n) is 4.15. The average Bonchev–Trinajstić information content (AvgIpc) is 2.71. The van der Waals surface area contributed by atoms with E-state index in [2.05, 4.69) is 36.4 Å². The highest BCUT2D eigenvalue weighted by Gasteiger charge is 2.16. The Morgan fingerprint density at radius 2 is 1.96 bits per heavy atom. The lowest BCUT2D eigenvalue weighted by molar-refractivity contribution is -0.120. The number of nitrogens with zero attached hydrogens (tertiary/aromatic N) is 2. The molecular weight excluding hydrogens is 412 g/mol. The van der Waals surface area contributed by atoms with E-state index in [0.29, 0.717) is 25.3 Å². The summed E-state index contributed by atoms with van der Waals surface area (Å²) in [5.74, 6) is 0.316. The smallest absolute Gasteiger partial charge is 0.251 e. The maximum atomic E-state index is 12.1. The van der Waals surface area contributed by atoms with Crippen molar-refractivity contribution in [1.29, 1.82) is 0 Å². The molecular formula is C19H21BrN4O3. The predicted octanol–water partition coefficient (Wildman–Crippen LogP) is 1.73. The summed E-state index contributed by atoms with van der Waals surface area (Å²) in [5.41, 5.74) is 1.44. The molecule has 0 aliphatic carbocycles. The second-order valence-electron chi connectivity index (χ2n) is 6.06. The molecule has 0 bridgehead atoms. The standard InChI is InChI=1S/C19H21BrN4O3/c20-16-5-1-3-14(11-16)19(26)23-13-17(25)22-12-15-4-2-6-21-18(15)24-7-9-27-10-8-24/h1-6,11H,7-10,12-13H2,(H,22,25)(H,23,26). The number of benzene rings is 1. The summed E-state index contributed by atoms with van der Waals surface area (Å²) in [6.07, 6.45) is 1.74. The number of halogens is 1. The Morgan fingerprint density at radius 3 is 2.74 bits per heavy atom. The molecule has 0 atom stereocenters. The number of ether oxygens (including phenoxy) is 1. The van der Waals surface area contributed by atoms with Crippen LogP contribution in [0.15, 0.2) is 47.1 Å². The van der Waals surface area contributed by atoms with E-state index in [4.69, 9.17) is 4.74 Å². The van der Waals surface area contributed by atoms with E-state index in [1.165, 1.54) is 0 Å². The Balaban J connectivity index is 1.51. The first-order valence-corrected chi connectivity index (χ1v) is 9.50. The molecule has 1 aromatic carbocycles. The number of hydrogen-bond donors (Lipinski definition) is 2. The first kappa shape index (κ1) is 19.3. The first-order valence-electron chi connectivity index (χ1n) is 8.70. The van der Waals surface area contributed by atoms with Gasteiger partial charge in [0.2, 0.25) is 5.91 Å². The fourth-order valence-electron chi connectivity index (χ4n) is 2.78. The van der Waals surface area contributed by atoms with Crippen molar-refractivity contribution in [3.05, 3.63) is 58.2 Å². The number of aromatic nitrogens is 1. The molecule has 142 valence electrons. The number of anilines is 1. The van der Waals surface area contributed by atoms with E-state index in [9.17, 15) is 9.59 Å². The van der Waals surface area contributed by atoms with Gasteiger partial charge in [0.1, 0.15) is 5.82 Å². The molecule has 1 aliphatic heterocycles. The third kappa shape index (κ3) is 5.51. The zero-order valence-corrected chi connectivity index (χ0v) is 16.4. The van der Waals surface area contributed by atoms with Crippen molar-refractivity contribution < 1.29 is 14.3 Å². The van der Waals surface area contributed by atoms with E-state index in [1.807, 2.05) is 18.2 Å². The highest BCUT2D eigenvalue weighted by atomic mass is 79.9. The summed E-state index contributed by atoms with van der Waals surface area (Å²) in [7, 11) is 0. The van der Waals surface area contributed by atoms with Crippen molar-refractivity contribution in [2.24, 2.45) is 0 Å². The van der Waals surface area contributed by atoms with Crippen LogP contribution in [0.1, 0.15) is 15.9 Å². The monoisotopic (exact) mass is 432 g/mol. The highest BCUT2D eigenvalue weighted by Crippen LogP contribution is 2.18. The molecule has 2 N–H and O–H groups in total. The van der Waals surface area contributed by atoms with E-state index >= 15 is 0 Å². The Bertz CT molecular complexity index is 809. The van der Waals surface area contributed by atoms with Gasteiger partial charge in [-0.25, -0.2) is 4.98 Å². The van der Waals surface area contributed by atoms with Crippen molar-refractivity contribution >= 4 is 33.6 Å².